The maximum absolute atomic E-state index is 12.8. The van der Waals surface area contributed by atoms with Gasteiger partial charge in [0.2, 0.25) is 5.91 Å². The van der Waals surface area contributed by atoms with E-state index in [-0.39, 0.29) is 17.7 Å². The number of rotatable bonds is 5. The topological polar surface area (TPSA) is 87.3 Å². The Bertz CT molecular complexity index is 1080. The number of hydrogen-bond donors (Lipinski definition) is 3. The van der Waals surface area contributed by atoms with Crippen LogP contribution < -0.4 is 16.0 Å². The fraction of sp³-hybridized carbons (Fsp3) is 0.0870. The van der Waals surface area contributed by atoms with E-state index < -0.39 is 0 Å². The molecule has 3 aromatic rings. The van der Waals surface area contributed by atoms with E-state index >= 15 is 0 Å². The first-order valence-corrected chi connectivity index (χ1v) is 9.08. The van der Waals surface area contributed by atoms with E-state index in [4.69, 9.17) is 0 Å². The minimum atomic E-state index is -0.370. The molecule has 29 heavy (non-hydrogen) atoms. The highest BCUT2D eigenvalue weighted by Crippen LogP contribution is 2.20. The van der Waals surface area contributed by atoms with Gasteiger partial charge < -0.3 is 16.0 Å². The van der Waals surface area contributed by atoms with Crippen LogP contribution in [-0.4, -0.2) is 17.7 Å². The fourth-order valence-corrected chi connectivity index (χ4v) is 2.85. The zero-order chi connectivity index (χ0) is 20.8. The summed E-state index contributed by atoms with van der Waals surface area (Å²) in [6, 6.07) is 20.9. The lowest BCUT2D eigenvalue weighted by Gasteiger charge is -2.12. The van der Waals surface area contributed by atoms with Crippen molar-refractivity contribution in [3.63, 3.8) is 0 Å². The van der Waals surface area contributed by atoms with Crippen LogP contribution in [0.5, 0.6) is 0 Å². The summed E-state index contributed by atoms with van der Waals surface area (Å²) in [6.07, 6.45) is 0. The first-order chi connectivity index (χ1) is 13.9. The Morgan fingerprint density at radius 1 is 0.690 bits per heavy atom. The molecule has 0 saturated heterocycles. The number of benzene rings is 3. The summed E-state index contributed by atoms with van der Waals surface area (Å²) in [5, 5.41) is 8.27. The molecular formula is C23H21N3O3. The highest BCUT2D eigenvalue weighted by atomic mass is 16.2. The van der Waals surface area contributed by atoms with Crippen molar-refractivity contribution in [2.75, 3.05) is 16.0 Å². The van der Waals surface area contributed by atoms with Crippen molar-refractivity contribution in [1.29, 1.82) is 0 Å². The molecule has 0 spiro atoms. The Labute approximate surface area is 169 Å². The van der Waals surface area contributed by atoms with E-state index in [0.29, 0.717) is 28.2 Å². The predicted molar refractivity (Wildman–Crippen MR) is 114 cm³/mol. The Morgan fingerprint density at radius 3 is 2.10 bits per heavy atom. The predicted octanol–water partition coefficient (Wildman–Crippen LogP) is 4.46. The van der Waals surface area contributed by atoms with Crippen LogP contribution in [0.2, 0.25) is 0 Å². The minimum absolute atomic E-state index is 0.197. The maximum Gasteiger partial charge on any atom is 0.257 e. The second-order valence-electron chi connectivity index (χ2n) is 6.59. The van der Waals surface area contributed by atoms with Crippen LogP contribution in [0.4, 0.5) is 17.1 Å². The average molecular weight is 387 g/mol. The molecule has 0 atom stereocenters. The summed E-state index contributed by atoms with van der Waals surface area (Å²) < 4.78 is 0. The number of nitrogens with one attached hydrogen (secondary N) is 3. The number of carbonyl (C=O) groups is 3. The molecule has 146 valence electrons. The Balaban J connectivity index is 1.78. The first-order valence-electron chi connectivity index (χ1n) is 9.08. The standard InChI is InChI=1S/C23H21N3O3/c1-15-7-5-8-17(13-15)22(28)26-21-12-4-3-11-20(21)23(29)25-19-10-6-9-18(14-19)24-16(2)27/h3-14H,1-2H3,(H,24,27)(H,25,29)(H,26,28). The lowest BCUT2D eigenvalue weighted by atomic mass is 10.1. The minimum Gasteiger partial charge on any atom is -0.326 e. The van der Waals surface area contributed by atoms with Gasteiger partial charge in [0, 0.05) is 23.9 Å². The van der Waals surface area contributed by atoms with E-state index in [1.807, 2.05) is 19.1 Å². The van der Waals surface area contributed by atoms with E-state index in [0.717, 1.165) is 5.56 Å². The molecule has 0 aliphatic rings. The van der Waals surface area contributed by atoms with Crippen molar-refractivity contribution in [3.05, 3.63) is 89.5 Å². The third-order valence-electron chi connectivity index (χ3n) is 4.14. The molecule has 6 nitrogen and oxygen atoms in total. The smallest absolute Gasteiger partial charge is 0.257 e. The zero-order valence-corrected chi connectivity index (χ0v) is 16.2. The molecular weight excluding hydrogens is 366 g/mol. The van der Waals surface area contributed by atoms with Crippen LogP contribution in [-0.2, 0) is 4.79 Å². The van der Waals surface area contributed by atoms with Gasteiger partial charge in [-0.05, 0) is 49.4 Å². The molecule has 0 heterocycles. The molecule has 0 bridgehead atoms. The fourth-order valence-electron chi connectivity index (χ4n) is 2.85. The van der Waals surface area contributed by atoms with Gasteiger partial charge in [0.15, 0.2) is 0 Å². The lowest BCUT2D eigenvalue weighted by molar-refractivity contribution is -0.114. The summed E-state index contributed by atoms with van der Waals surface area (Å²) in [6.45, 7) is 3.33. The van der Waals surface area contributed by atoms with Crippen molar-refractivity contribution in [3.8, 4) is 0 Å². The van der Waals surface area contributed by atoms with Crippen LogP contribution >= 0.6 is 0 Å². The molecule has 3 aromatic carbocycles. The van der Waals surface area contributed by atoms with Gasteiger partial charge >= 0.3 is 0 Å². The molecule has 0 radical (unpaired) electrons. The summed E-state index contributed by atoms with van der Waals surface area (Å²) >= 11 is 0. The van der Waals surface area contributed by atoms with Gasteiger partial charge in [0.05, 0.1) is 11.3 Å². The first kappa shape index (κ1) is 19.8. The number of para-hydroxylation sites is 1. The molecule has 0 fully saturated rings. The summed E-state index contributed by atoms with van der Waals surface area (Å²) in [4.78, 5) is 36.6. The summed E-state index contributed by atoms with van der Waals surface area (Å²) in [7, 11) is 0. The van der Waals surface area contributed by atoms with Crippen LogP contribution in [0.3, 0.4) is 0 Å². The van der Waals surface area contributed by atoms with Gasteiger partial charge in [-0.25, -0.2) is 0 Å². The molecule has 3 rings (SSSR count). The van der Waals surface area contributed by atoms with E-state index in [1.54, 1.807) is 60.7 Å². The van der Waals surface area contributed by atoms with Crippen LogP contribution in [0.25, 0.3) is 0 Å². The van der Waals surface area contributed by atoms with Crippen LogP contribution in [0.15, 0.2) is 72.8 Å². The van der Waals surface area contributed by atoms with Gasteiger partial charge in [-0.1, -0.05) is 35.9 Å². The van der Waals surface area contributed by atoms with Gasteiger partial charge in [0.25, 0.3) is 11.8 Å². The molecule has 0 aliphatic carbocycles. The van der Waals surface area contributed by atoms with Gasteiger partial charge in [-0.3, -0.25) is 14.4 Å². The van der Waals surface area contributed by atoms with Crippen molar-refractivity contribution < 1.29 is 14.4 Å². The Kier molecular flexibility index (Phi) is 6.04. The summed E-state index contributed by atoms with van der Waals surface area (Å²) in [5.41, 5.74) is 3.34. The Hall–Kier alpha value is -3.93. The number of carbonyl (C=O) groups excluding carboxylic acids is 3. The molecule has 0 unspecified atom stereocenters. The molecule has 0 aromatic heterocycles. The van der Waals surface area contributed by atoms with Crippen molar-refractivity contribution in [2.24, 2.45) is 0 Å². The van der Waals surface area contributed by atoms with Gasteiger partial charge in [-0.2, -0.15) is 0 Å². The molecule has 3 amide bonds. The summed E-state index contributed by atoms with van der Waals surface area (Å²) in [5.74, 6) is -0.857. The quantitative estimate of drug-likeness (QED) is 0.604. The number of aryl methyl sites for hydroxylation is 1. The SMILES string of the molecule is CC(=O)Nc1cccc(NC(=O)c2ccccc2NC(=O)c2cccc(C)c2)c1. The third-order valence-corrected chi connectivity index (χ3v) is 4.14. The second kappa shape index (κ2) is 8.84. The molecule has 3 N–H and O–H groups in total. The zero-order valence-electron chi connectivity index (χ0n) is 16.2. The molecule has 6 heteroatoms. The maximum atomic E-state index is 12.8. The van der Waals surface area contributed by atoms with Gasteiger partial charge in [-0.15, -0.1) is 0 Å². The van der Waals surface area contributed by atoms with E-state index in [9.17, 15) is 14.4 Å². The number of hydrogen-bond acceptors (Lipinski definition) is 3. The van der Waals surface area contributed by atoms with E-state index in [2.05, 4.69) is 16.0 Å². The normalized spacial score (nSPS) is 10.1. The Morgan fingerprint density at radius 2 is 1.38 bits per heavy atom. The monoisotopic (exact) mass is 387 g/mol. The van der Waals surface area contributed by atoms with Gasteiger partial charge in [0.1, 0.15) is 0 Å². The van der Waals surface area contributed by atoms with Crippen molar-refractivity contribution >= 4 is 34.8 Å². The highest BCUT2D eigenvalue weighted by molar-refractivity contribution is 6.12. The lowest BCUT2D eigenvalue weighted by Crippen LogP contribution is -2.18. The second-order valence-corrected chi connectivity index (χ2v) is 6.59. The molecule has 0 saturated carbocycles. The molecule has 0 aliphatic heterocycles. The van der Waals surface area contributed by atoms with Crippen molar-refractivity contribution in [1.82, 2.24) is 0 Å². The largest absolute Gasteiger partial charge is 0.326 e. The van der Waals surface area contributed by atoms with Crippen LogP contribution in [0.1, 0.15) is 33.2 Å². The van der Waals surface area contributed by atoms with Crippen molar-refractivity contribution in [2.45, 2.75) is 13.8 Å². The third kappa shape index (κ3) is 5.29. The van der Waals surface area contributed by atoms with Crippen LogP contribution in [0, 0.1) is 6.92 Å². The number of anilines is 3. The van der Waals surface area contributed by atoms with E-state index in [1.165, 1.54) is 6.92 Å². The average Bonchev–Trinajstić information content (AvgIpc) is 2.68. The highest BCUT2D eigenvalue weighted by Gasteiger charge is 2.14. The number of amides is 3.